The smallest absolute Gasteiger partial charge is 0.263 e. The molecule has 1 aromatic heterocycles. The lowest BCUT2D eigenvalue weighted by atomic mass is 10.2. The van der Waals surface area contributed by atoms with Gasteiger partial charge in [0, 0.05) is 24.0 Å². The summed E-state index contributed by atoms with van der Waals surface area (Å²) in [5.74, 6) is -1.59. The second kappa shape index (κ2) is 3.84. The van der Waals surface area contributed by atoms with Crippen LogP contribution in [0, 0.1) is 18.6 Å². The van der Waals surface area contributed by atoms with Gasteiger partial charge in [-0.1, -0.05) is 0 Å². The minimum Gasteiger partial charge on any atom is -0.270 e. The number of aryl methyl sites for hydroxylation is 1. The molecular formula is C11H8F2N2O. The summed E-state index contributed by atoms with van der Waals surface area (Å²) < 4.78 is 27.1. The number of carbonyl (C=O) groups excluding carboxylic acids is 1. The minimum atomic E-state index is -0.777. The third kappa shape index (κ3) is 1.84. The molecule has 0 N–H and O–H groups in total. The molecule has 2 aromatic rings. The molecule has 5 heteroatoms. The van der Waals surface area contributed by atoms with Crippen LogP contribution in [0.3, 0.4) is 0 Å². The van der Waals surface area contributed by atoms with Crippen LogP contribution in [0.1, 0.15) is 16.2 Å². The van der Waals surface area contributed by atoms with Gasteiger partial charge in [0.25, 0.3) is 5.91 Å². The molecule has 0 amide bonds. The maximum absolute atomic E-state index is 12.9. The second-order valence-corrected chi connectivity index (χ2v) is 3.31. The number of rotatable bonds is 1. The Kier molecular flexibility index (Phi) is 2.52. The molecule has 1 heterocycles. The predicted octanol–water partition coefficient (Wildman–Crippen LogP) is 2.16. The lowest BCUT2D eigenvalue weighted by molar-refractivity contribution is 0.0956. The summed E-state index contributed by atoms with van der Waals surface area (Å²) >= 11 is 0. The van der Waals surface area contributed by atoms with E-state index in [0.717, 1.165) is 18.2 Å². The molecule has 0 aliphatic heterocycles. The summed E-state index contributed by atoms with van der Waals surface area (Å²) in [7, 11) is 0. The van der Waals surface area contributed by atoms with Crippen molar-refractivity contribution in [2.45, 2.75) is 6.92 Å². The Morgan fingerprint density at radius 3 is 2.38 bits per heavy atom. The molecule has 0 saturated heterocycles. The van der Waals surface area contributed by atoms with Crippen LogP contribution in [-0.4, -0.2) is 15.5 Å². The molecule has 0 fully saturated rings. The van der Waals surface area contributed by atoms with E-state index < -0.39 is 17.5 Å². The third-order valence-electron chi connectivity index (χ3n) is 2.15. The average Bonchev–Trinajstić information content (AvgIpc) is 2.62. The highest BCUT2D eigenvalue weighted by Crippen LogP contribution is 2.10. The zero-order valence-electron chi connectivity index (χ0n) is 8.45. The molecule has 0 radical (unpaired) electrons. The van der Waals surface area contributed by atoms with Crippen molar-refractivity contribution in [1.29, 1.82) is 0 Å². The van der Waals surface area contributed by atoms with E-state index in [-0.39, 0.29) is 5.56 Å². The molecule has 0 bridgehead atoms. The zero-order valence-corrected chi connectivity index (χ0v) is 8.45. The minimum absolute atomic E-state index is 0.0430. The van der Waals surface area contributed by atoms with Crippen LogP contribution < -0.4 is 0 Å². The van der Waals surface area contributed by atoms with E-state index in [4.69, 9.17) is 0 Å². The first-order chi connectivity index (χ1) is 7.58. The summed E-state index contributed by atoms with van der Waals surface area (Å²) in [5, 5.41) is 0. The Morgan fingerprint density at radius 2 is 1.88 bits per heavy atom. The number of nitrogens with zero attached hydrogens (tertiary/aromatic N) is 2. The summed E-state index contributed by atoms with van der Waals surface area (Å²) in [6.07, 6.45) is 2.89. The number of hydrogen-bond donors (Lipinski definition) is 0. The molecule has 0 atom stereocenters. The first-order valence-electron chi connectivity index (χ1n) is 4.58. The van der Waals surface area contributed by atoms with E-state index in [2.05, 4.69) is 4.98 Å². The van der Waals surface area contributed by atoms with E-state index in [1.54, 1.807) is 6.92 Å². The monoisotopic (exact) mass is 222 g/mol. The maximum atomic E-state index is 12.9. The van der Waals surface area contributed by atoms with Crippen LogP contribution in [0.2, 0.25) is 0 Å². The third-order valence-corrected chi connectivity index (χ3v) is 2.15. The van der Waals surface area contributed by atoms with Gasteiger partial charge < -0.3 is 0 Å². The van der Waals surface area contributed by atoms with Crippen LogP contribution >= 0.6 is 0 Å². The van der Waals surface area contributed by atoms with Gasteiger partial charge in [0.15, 0.2) is 0 Å². The standard InChI is InChI=1S/C11H8F2N2O/c1-7-14-2-3-15(7)11(16)8-4-9(12)6-10(13)5-8/h2-6H,1H3. The molecular weight excluding hydrogens is 214 g/mol. The Morgan fingerprint density at radius 1 is 1.25 bits per heavy atom. The number of aromatic nitrogens is 2. The molecule has 0 spiro atoms. The highest BCUT2D eigenvalue weighted by Gasteiger charge is 2.12. The molecule has 0 unspecified atom stereocenters. The van der Waals surface area contributed by atoms with Crippen LogP contribution in [0.15, 0.2) is 30.6 Å². The molecule has 3 nitrogen and oxygen atoms in total. The lowest BCUT2D eigenvalue weighted by Gasteiger charge is -2.03. The van der Waals surface area contributed by atoms with E-state index in [1.165, 1.54) is 17.0 Å². The number of benzene rings is 1. The van der Waals surface area contributed by atoms with Crippen molar-refractivity contribution in [3.05, 3.63) is 53.6 Å². The first kappa shape index (κ1) is 10.5. The number of halogens is 2. The molecule has 1 aromatic carbocycles. The van der Waals surface area contributed by atoms with E-state index in [9.17, 15) is 13.6 Å². The Labute approximate surface area is 90.3 Å². The van der Waals surface area contributed by atoms with Gasteiger partial charge in [-0.2, -0.15) is 0 Å². The second-order valence-electron chi connectivity index (χ2n) is 3.31. The Hall–Kier alpha value is -2.04. The normalized spacial score (nSPS) is 10.4. The van der Waals surface area contributed by atoms with Gasteiger partial charge in [-0.25, -0.2) is 13.8 Å². The fourth-order valence-electron chi connectivity index (χ4n) is 1.41. The van der Waals surface area contributed by atoms with E-state index >= 15 is 0 Å². The van der Waals surface area contributed by atoms with E-state index in [0.29, 0.717) is 5.82 Å². The van der Waals surface area contributed by atoms with Crippen molar-refractivity contribution >= 4 is 5.91 Å². The summed E-state index contributed by atoms with van der Waals surface area (Å²) in [4.78, 5) is 15.7. The Bertz CT molecular complexity index is 528. The number of hydrogen-bond acceptors (Lipinski definition) is 2. The van der Waals surface area contributed by atoms with Crippen molar-refractivity contribution in [3.8, 4) is 0 Å². The van der Waals surface area contributed by atoms with Crippen molar-refractivity contribution in [2.24, 2.45) is 0 Å². The highest BCUT2D eigenvalue weighted by molar-refractivity contribution is 5.96. The van der Waals surface area contributed by atoms with Crippen molar-refractivity contribution in [3.63, 3.8) is 0 Å². The fraction of sp³-hybridized carbons (Fsp3) is 0.0909. The van der Waals surface area contributed by atoms with Gasteiger partial charge in [-0.15, -0.1) is 0 Å². The number of carbonyl (C=O) groups is 1. The molecule has 2 rings (SSSR count). The maximum Gasteiger partial charge on any atom is 0.263 e. The summed E-state index contributed by atoms with van der Waals surface area (Å²) in [5.41, 5.74) is -0.0430. The summed E-state index contributed by atoms with van der Waals surface area (Å²) in [6.45, 7) is 1.63. The van der Waals surface area contributed by atoms with Crippen LogP contribution in [0.4, 0.5) is 8.78 Å². The van der Waals surface area contributed by atoms with Crippen molar-refractivity contribution < 1.29 is 13.6 Å². The lowest BCUT2D eigenvalue weighted by Crippen LogP contribution is -2.13. The van der Waals surface area contributed by atoms with E-state index in [1.807, 2.05) is 0 Å². The Balaban J connectivity index is 2.45. The van der Waals surface area contributed by atoms with Crippen LogP contribution in [0.5, 0.6) is 0 Å². The average molecular weight is 222 g/mol. The van der Waals surface area contributed by atoms with Crippen LogP contribution in [0.25, 0.3) is 0 Å². The largest absolute Gasteiger partial charge is 0.270 e. The highest BCUT2D eigenvalue weighted by atomic mass is 19.1. The van der Waals surface area contributed by atoms with Gasteiger partial charge >= 0.3 is 0 Å². The first-order valence-corrected chi connectivity index (χ1v) is 4.58. The molecule has 0 saturated carbocycles. The molecule has 0 aliphatic carbocycles. The quantitative estimate of drug-likeness (QED) is 0.741. The SMILES string of the molecule is Cc1nccn1C(=O)c1cc(F)cc(F)c1. The predicted molar refractivity (Wildman–Crippen MR) is 53.1 cm³/mol. The van der Waals surface area contributed by atoms with Crippen molar-refractivity contribution in [1.82, 2.24) is 9.55 Å². The van der Waals surface area contributed by atoms with Crippen molar-refractivity contribution in [2.75, 3.05) is 0 Å². The van der Waals surface area contributed by atoms with Crippen LogP contribution in [-0.2, 0) is 0 Å². The topological polar surface area (TPSA) is 34.9 Å². The molecule has 0 aliphatic rings. The molecule has 16 heavy (non-hydrogen) atoms. The van der Waals surface area contributed by atoms with Gasteiger partial charge in [-0.05, 0) is 19.1 Å². The number of imidazole rings is 1. The van der Waals surface area contributed by atoms with Gasteiger partial charge in [0.2, 0.25) is 0 Å². The summed E-state index contributed by atoms with van der Waals surface area (Å²) in [6, 6.07) is 2.70. The zero-order chi connectivity index (χ0) is 11.7. The van der Waals surface area contributed by atoms with Gasteiger partial charge in [-0.3, -0.25) is 9.36 Å². The van der Waals surface area contributed by atoms with Gasteiger partial charge in [0.1, 0.15) is 17.5 Å². The molecule has 82 valence electrons. The van der Waals surface area contributed by atoms with Gasteiger partial charge in [0.05, 0.1) is 0 Å². The fourth-order valence-corrected chi connectivity index (χ4v) is 1.41.